The van der Waals surface area contributed by atoms with Crippen LogP contribution in [-0.4, -0.2) is 6.61 Å². The first-order valence-corrected chi connectivity index (χ1v) is 10.8. The van der Waals surface area contributed by atoms with Crippen molar-refractivity contribution < 1.29 is 18.1 Å². The lowest BCUT2D eigenvalue weighted by molar-refractivity contribution is 0.170. The van der Waals surface area contributed by atoms with Crippen molar-refractivity contribution in [2.24, 2.45) is 5.92 Å². The monoisotopic (exact) mass is 376 g/mol. The Labute approximate surface area is 157 Å². The Bertz CT molecular complexity index is 702. The lowest BCUT2D eigenvalue weighted by Gasteiger charge is -2.22. The van der Waals surface area contributed by atoms with Crippen LogP contribution in [0.5, 0.6) is 11.5 Å². The topological polar surface area (TPSA) is 44.8 Å². The van der Waals surface area contributed by atoms with Gasteiger partial charge >= 0.3 is 7.82 Å². The van der Waals surface area contributed by atoms with Crippen LogP contribution in [-0.2, 0) is 9.09 Å². The van der Waals surface area contributed by atoms with Crippen LogP contribution < -0.4 is 9.05 Å². The van der Waals surface area contributed by atoms with E-state index in [0.29, 0.717) is 24.0 Å². The first-order chi connectivity index (χ1) is 12.6. The van der Waals surface area contributed by atoms with Crippen LogP contribution in [0.4, 0.5) is 0 Å². The molecule has 4 nitrogen and oxygen atoms in total. The van der Waals surface area contributed by atoms with E-state index in [-0.39, 0.29) is 0 Å². The van der Waals surface area contributed by atoms with Crippen molar-refractivity contribution >= 4 is 7.82 Å². The van der Waals surface area contributed by atoms with Crippen LogP contribution in [0.2, 0.25) is 0 Å². The Morgan fingerprint density at radius 1 is 0.962 bits per heavy atom. The zero-order chi connectivity index (χ0) is 18.8. The Morgan fingerprint density at radius 3 is 2.31 bits per heavy atom. The third kappa shape index (κ3) is 6.51. The van der Waals surface area contributed by atoms with Crippen LogP contribution in [0.1, 0.15) is 45.1 Å². The van der Waals surface area contributed by atoms with E-state index >= 15 is 0 Å². The highest BCUT2D eigenvalue weighted by molar-refractivity contribution is 7.49. The highest BCUT2D eigenvalue weighted by Gasteiger charge is 2.32. The summed E-state index contributed by atoms with van der Waals surface area (Å²) in [6, 6.07) is 16.4. The van der Waals surface area contributed by atoms with Gasteiger partial charge in [-0.3, -0.25) is 4.52 Å². The van der Waals surface area contributed by atoms with Gasteiger partial charge in [-0.2, -0.15) is 0 Å². The number of aryl methyl sites for hydroxylation is 1. The van der Waals surface area contributed by atoms with E-state index in [2.05, 4.69) is 13.8 Å². The highest BCUT2D eigenvalue weighted by Crippen LogP contribution is 2.50. The van der Waals surface area contributed by atoms with Crippen molar-refractivity contribution in [3.8, 4) is 11.5 Å². The second-order valence-corrected chi connectivity index (χ2v) is 7.94. The standard InChI is InChI=1S/C21H29O4P/c1-4-6-13-19(5-2)17-23-26(22,24-20-14-8-7-9-15-20)25-21-16-11-10-12-18(21)3/h7-12,14-16,19H,4-6,13,17H2,1-3H3. The summed E-state index contributed by atoms with van der Waals surface area (Å²) in [5.74, 6) is 1.31. The summed E-state index contributed by atoms with van der Waals surface area (Å²) in [4.78, 5) is 0. The fraction of sp³-hybridized carbons (Fsp3) is 0.429. The van der Waals surface area contributed by atoms with E-state index in [0.717, 1.165) is 31.2 Å². The van der Waals surface area contributed by atoms with Crippen molar-refractivity contribution in [2.45, 2.75) is 46.5 Å². The molecule has 5 heteroatoms. The molecule has 0 bridgehead atoms. The van der Waals surface area contributed by atoms with Crippen molar-refractivity contribution in [3.63, 3.8) is 0 Å². The first kappa shape index (κ1) is 20.5. The third-order valence-electron chi connectivity index (χ3n) is 4.28. The van der Waals surface area contributed by atoms with Gasteiger partial charge in [-0.15, -0.1) is 0 Å². The fourth-order valence-corrected chi connectivity index (χ4v) is 3.92. The SMILES string of the molecule is CCCCC(CC)COP(=O)(Oc1ccccc1)Oc1ccccc1C. The zero-order valence-corrected chi connectivity index (χ0v) is 16.8. The molecule has 0 heterocycles. The summed E-state index contributed by atoms with van der Waals surface area (Å²) in [6.45, 7) is 6.54. The molecule has 26 heavy (non-hydrogen) atoms. The van der Waals surface area contributed by atoms with Gasteiger partial charge in [-0.05, 0) is 43.0 Å². The largest absolute Gasteiger partial charge is 0.587 e. The fourth-order valence-electron chi connectivity index (χ4n) is 2.56. The number of unbranched alkanes of at least 4 members (excludes halogenated alkanes) is 1. The Balaban J connectivity index is 2.15. The van der Waals surface area contributed by atoms with Crippen LogP contribution in [0, 0.1) is 12.8 Å². The van der Waals surface area contributed by atoms with Crippen LogP contribution in [0.25, 0.3) is 0 Å². The number of benzene rings is 2. The molecule has 0 amide bonds. The summed E-state index contributed by atoms with van der Waals surface area (Å²) >= 11 is 0. The number of hydrogen-bond acceptors (Lipinski definition) is 4. The minimum Gasteiger partial charge on any atom is -0.395 e. The molecule has 0 fully saturated rings. The molecule has 2 rings (SSSR count). The summed E-state index contributed by atoms with van der Waals surface area (Å²) < 4.78 is 30.5. The van der Waals surface area contributed by atoms with Gasteiger partial charge in [0.15, 0.2) is 0 Å². The first-order valence-electron chi connectivity index (χ1n) is 9.30. The zero-order valence-electron chi connectivity index (χ0n) is 15.9. The van der Waals surface area contributed by atoms with Gasteiger partial charge in [0.05, 0.1) is 6.61 Å². The van der Waals surface area contributed by atoms with Crippen LogP contribution in [0.15, 0.2) is 54.6 Å². The van der Waals surface area contributed by atoms with Gasteiger partial charge in [0.2, 0.25) is 0 Å². The second kappa shape index (κ2) is 10.4. The summed E-state index contributed by atoms with van der Waals surface area (Å²) in [5, 5.41) is 0. The Kier molecular flexibility index (Phi) is 8.21. The van der Waals surface area contributed by atoms with Gasteiger partial charge in [0, 0.05) is 0 Å². The average Bonchev–Trinajstić information content (AvgIpc) is 2.65. The summed E-state index contributed by atoms with van der Waals surface area (Å²) in [7, 11) is -3.79. The van der Waals surface area contributed by atoms with Gasteiger partial charge in [-0.25, -0.2) is 4.57 Å². The number of hydrogen-bond donors (Lipinski definition) is 0. The quantitative estimate of drug-likeness (QED) is 0.405. The lowest BCUT2D eigenvalue weighted by atomic mass is 10.0. The van der Waals surface area contributed by atoms with E-state index < -0.39 is 7.82 Å². The molecule has 0 saturated heterocycles. The smallest absolute Gasteiger partial charge is 0.395 e. The Morgan fingerprint density at radius 2 is 1.65 bits per heavy atom. The van der Waals surface area contributed by atoms with Crippen LogP contribution >= 0.6 is 7.82 Å². The molecule has 0 N–H and O–H groups in total. The molecular formula is C21H29O4P. The lowest BCUT2D eigenvalue weighted by Crippen LogP contribution is -2.12. The van der Waals surface area contributed by atoms with Crippen molar-refractivity contribution in [3.05, 3.63) is 60.2 Å². The van der Waals surface area contributed by atoms with Crippen molar-refractivity contribution in [1.82, 2.24) is 0 Å². The van der Waals surface area contributed by atoms with Crippen molar-refractivity contribution in [2.75, 3.05) is 6.61 Å². The molecule has 0 saturated carbocycles. The number of para-hydroxylation sites is 2. The molecule has 0 aliphatic heterocycles. The second-order valence-electron chi connectivity index (χ2n) is 6.42. The highest BCUT2D eigenvalue weighted by atomic mass is 31.2. The molecule has 2 atom stereocenters. The number of phosphoric acid groups is 1. The maximum Gasteiger partial charge on any atom is 0.587 e. The van der Waals surface area contributed by atoms with E-state index in [1.54, 1.807) is 18.2 Å². The van der Waals surface area contributed by atoms with E-state index in [1.165, 1.54) is 0 Å². The van der Waals surface area contributed by atoms with E-state index in [1.807, 2.05) is 43.3 Å². The molecule has 0 aliphatic rings. The Hall–Kier alpha value is -1.77. The van der Waals surface area contributed by atoms with E-state index in [9.17, 15) is 4.57 Å². The van der Waals surface area contributed by atoms with Crippen molar-refractivity contribution in [1.29, 1.82) is 0 Å². The summed E-state index contributed by atoms with van der Waals surface area (Å²) in [6.07, 6.45) is 4.27. The van der Waals surface area contributed by atoms with Crippen LogP contribution in [0.3, 0.4) is 0 Å². The van der Waals surface area contributed by atoms with Gasteiger partial charge in [0.1, 0.15) is 11.5 Å². The number of phosphoric ester groups is 1. The maximum atomic E-state index is 13.3. The third-order valence-corrected chi connectivity index (χ3v) is 5.60. The maximum absolute atomic E-state index is 13.3. The molecule has 2 aromatic carbocycles. The van der Waals surface area contributed by atoms with Gasteiger partial charge in [-0.1, -0.05) is 69.5 Å². The minimum atomic E-state index is -3.79. The van der Waals surface area contributed by atoms with Gasteiger partial charge in [0.25, 0.3) is 0 Å². The average molecular weight is 376 g/mol. The van der Waals surface area contributed by atoms with Gasteiger partial charge < -0.3 is 9.05 Å². The number of rotatable bonds is 11. The summed E-state index contributed by atoms with van der Waals surface area (Å²) in [5.41, 5.74) is 0.881. The van der Waals surface area contributed by atoms with E-state index in [4.69, 9.17) is 13.6 Å². The molecule has 0 aliphatic carbocycles. The predicted molar refractivity (Wildman–Crippen MR) is 106 cm³/mol. The molecule has 2 unspecified atom stereocenters. The normalized spacial score (nSPS) is 14.4. The minimum absolute atomic E-state index is 0.336. The molecule has 0 radical (unpaired) electrons. The molecule has 142 valence electrons. The molecule has 0 aromatic heterocycles. The predicted octanol–water partition coefficient (Wildman–Crippen LogP) is 6.79. The molecular weight excluding hydrogens is 347 g/mol. The molecule has 0 spiro atoms. The molecule has 2 aromatic rings.